The Kier molecular flexibility index (Phi) is 6.53. The second-order valence-electron chi connectivity index (χ2n) is 7.92. The van der Waals surface area contributed by atoms with Gasteiger partial charge in [0.05, 0.1) is 5.69 Å². The van der Waals surface area contributed by atoms with E-state index in [2.05, 4.69) is 58.3 Å². The summed E-state index contributed by atoms with van der Waals surface area (Å²) in [5, 5.41) is 5.57. The lowest BCUT2D eigenvalue weighted by Crippen LogP contribution is -2.41. The Bertz CT molecular complexity index is 1100. The number of halogens is 1. The molecule has 4 rings (SSSR count). The number of thiazole rings is 1. The molecule has 0 atom stereocenters. The van der Waals surface area contributed by atoms with E-state index in [1.165, 1.54) is 22.5 Å². The monoisotopic (exact) mass is 497 g/mol. The normalized spacial score (nSPS) is 14.5. The summed E-state index contributed by atoms with van der Waals surface area (Å²) in [4.78, 5) is 31.9. The third-order valence-electron chi connectivity index (χ3n) is 5.64. The van der Waals surface area contributed by atoms with Crippen LogP contribution in [0.25, 0.3) is 11.3 Å². The molecule has 2 amide bonds. The summed E-state index contributed by atoms with van der Waals surface area (Å²) in [5.74, 6) is -0.107. The van der Waals surface area contributed by atoms with Crippen LogP contribution in [-0.4, -0.2) is 34.8 Å². The first-order valence-corrected chi connectivity index (χ1v) is 12.0. The van der Waals surface area contributed by atoms with E-state index < -0.39 is 0 Å². The minimum absolute atomic E-state index is 0.0164. The van der Waals surface area contributed by atoms with Gasteiger partial charge in [-0.25, -0.2) is 4.98 Å². The van der Waals surface area contributed by atoms with Gasteiger partial charge < -0.3 is 10.2 Å². The number of amides is 2. The summed E-state index contributed by atoms with van der Waals surface area (Å²) >= 11 is 4.83. The van der Waals surface area contributed by atoms with Gasteiger partial charge in [0.15, 0.2) is 5.13 Å². The van der Waals surface area contributed by atoms with Crippen molar-refractivity contribution in [1.82, 2.24) is 9.88 Å². The van der Waals surface area contributed by atoms with Crippen molar-refractivity contribution in [3.63, 3.8) is 0 Å². The number of hydrogen-bond donors (Lipinski definition) is 1. The zero-order valence-electron chi connectivity index (χ0n) is 17.5. The molecule has 0 radical (unpaired) electrons. The molecule has 0 bridgehead atoms. The van der Waals surface area contributed by atoms with Crippen molar-refractivity contribution >= 4 is 44.2 Å². The van der Waals surface area contributed by atoms with Gasteiger partial charge in [-0.1, -0.05) is 39.7 Å². The van der Waals surface area contributed by atoms with Crippen LogP contribution < -0.4 is 5.32 Å². The van der Waals surface area contributed by atoms with Crippen molar-refractivity contribution in [3.8, 4) is 11.3 Å². The van der Waals surface area contributed by atoms with Gasteiger partial charge in [-0.05, 0) is 56.5 Å². The minimum Gasteiger partial charge on any atom is -0.339 e. The number of nitrogens with one attached hydrogen (secondary N) is 1. The first-order valence-electron chi connectivity index (χ1n) is 10.3. The SMILES string of the molecule is Cc1ccc(-c2csc(NC(=O)C3CCN(C(=O)c4ccc(Br)cc4)CC3)n2)c(C)c1. The largest absolute Gasteiger partial charge is 0.339 e. The molecule has 0 spiro atoms. The van der Waals surface area contributed by atoms with Crippen LogP contribution in [0.2, 0.25) is 0 Å². The predicted octanol–water partition coefficient (Wildman–Crippen LogP) is 5.68. The molecule has 160 valence electrons. The molecule has 1 aromatic heterocycles. The molecule has 1 fully saturated rings. The van der Waals surface area contributed by atoms with E-state index in [0.717, 1.165) is 15.7 Å². The molecule has 7 heteroatoms. The number of piperidine rings is 1. The number of carbonyl (C=O) groups excluding carboxylic acids is 2. The summed E-state index contributed by atoms with van der Waals surface area (Å²) < 4.78 is 0.947. The standard InChI is InChI=1S/C24H24BrN3O2S/c1-15-3-8-20(16(2)13-15)21-14-31-24(26-21)27-22(29)17-9-11-28(12-10-17)23(30)18-4-6-19(25)7-5-18/h3-8,13-14,17H,9-12H2,1-2H3,(H,26,27,29). The maximum Gasteiger partial charge on any atom is 0.253 e. The van der Waals surface area contributed by atoms with Gasteiger partial charge in [0, 0.05) is 40.0 Å². The number of aryl methyl sites for hydroxylation is 2. The summed E-state index contributed by atoms with van der Waals surface area (Å²) in [6, 6.07) is 13.7. The molecule has 1 N–H and O–H groups in total. The predicted molar refractivity (Wildman–Crippen MR) is 128 cm³/mol. The summed E-state index contributed by atoms with van der Waals surface area (Å²) in [6.07, 6.45) is 1.31. The Morgan fingerprint density at radius 1 is 1.10 bits per heavy atom. The molecular formula is C24H24BrN3O2S. The van der Waals surface area contributed by atoms with Gasteiger partial charge >= 0.3 is 0 Å². The highest BCUT2D eigenvalue weighted by atomic mass is 79.9. The zero-order valence-corrected chi connectivity index (χ0v) is 19.9. The van der Waals surface area contributed by atoms with Crippen molar-refractivity contribution in [3.05, 3.63) is 69.0 Å². The minimum atomic E-state index is -0.109. The van der Waals surface area contributed by atoms with Gasteiger partial charge in [-0.2, -0.15) is 0 Å². The van der Waals surface area contributed by atoms with E-state index in [0.29, 0.717) is 36.6 Å². The van der Waals surface area contributed by atoms with Gasteiger partial charge in [0.2, 0.25) is 5.91 Å². The van der Waals surface area contributed by atoms with E-state index in [1.54, 1.807) is 0 Å². The van der Waals surface area contributed by atoms with Gasteiger partial charge in [-0.15, -0.1) is 11.3 Å². The van der Waals surface area contributed by atoms with Gasteiger partial charge in [-0.3, -0.25) is 9.59 Å². The fourth-order valence-electron chi connectivity index (χ4n) is 3.88. The fraction of sp³-hybridized carbons (Fsp3) is 0.292. The van der Waals surface area contributed by atoms with Crippen molar-refractivity contribution in [2.45, 2.75) is 26.7 Å². The second kappa shape index (κ2) is 9.32. The number of anilines is 1. The molecule has 0 saturated carbocycles. The quantitative estimate of drug-likeness (QED) is 0.504. The highest BCUT2D eigenvalue weighted by Crippen LogP contribution is 2.29. The second-order valence-corrected chi connectivity index (χ2v) is 9.69. The lowest BCUT2D eigenvalue weighted by molar-refractivity contribution is -0.121. The average molecular weight is 498 g/mol. The highest BCUT2D eigenvalue weighted by Gasteiger charge is 2.28. The molecule has 31 heavy (non-hydrogen) atoms. The number of aromatic nitrogens is 1. The number of carbonyl (C=O) groups is 2. The van der Waals surface area contributed by atoms with Crippen LogP contribution in [0, 0.1) is 19.8 Å². The average Bonchev–Trinajstić information content (AvgIpc) is 3.22. The lowest BCUT2D eigenvalue weighted by Gasteiger charge is -2.31. The molecular weight excluding hydrogens is 474 g/mol. The Morgan fingerprint density at radius 3 is 2.48 bits per heavy atom. The van der Waals surface area contributed by atoms with Crippen LogP contribution in [-0.2, 0) is 4.79 Å². The van der Waals surface area contributed by atoms with Crippen molar-refractivity contribution in [1.29, 1.82) is 0 Å². The molecule has 0 unspecified atom stereocenters. The Balaban J connectivity index is 1.34. The maximum atomic E-state index is 12.8. The lowest BCUT2D eigenvalue weighted by atomic mass is 9.95. The smallest absolute Gasteiger partial charge is 0.253 e. The van der Waals surface area contributed by atoms with Crippen LogP contribution in [0.4, 0.5) is 5.13 Å². The molecule has 5 nitrogen and oxygen atoms in total. The van der Waals surface area contributed by atoms with Crippen LogP contribution in [0.15, 0.2) is 52.3 Å². The van der Waals surface area contributed by atoms with Crippen LogP contribution in [0.1, 0.15) is 34.3 Å². The molecule has 0 aliphatic carbocycles. The Hall–Kier alpha value is -2.51. The number of rotatable bonds is 4. The highest BCUT2D eigenvalue weighted by molar-refractivity contribution is 9.10. The molecule has 2 heterocycles. The first-order chi connectivity index (χ1) is 14.9. The maximum absolute atomic E-state index is 12.8. The van der Waals surface area contributed by atoms with Crippen LogP contribution in [0.5, 0.6) is 0 Å². The number of benzene rings is 2. The first kappa shape index (κ1) is 21.7. The third kappa shape index (κ3) is 5.05. The van der Waals surface area contributed by atoms with Crippen molar-refractivity contribution < 1.29 is 9.59 Å². The van der Waals surface area contributed by atoms with Crippen LogP contribution in [0.3, 0.4) is 0 Å². The summed E-state index contributed by atoms with van der Waals surface area (Å²) in [7, 11) is 0. The fourth-order valence-corrected chi connectivity index (χ4v) is 4.86. The van der Waals surface area contributed by atoms with Gasteiger partial charge in [0.1, 0.15) is 0 Å². The molecule has 3 aromatic rings. The summed E-state index contributed by atoms with van der Waals surface area (Å²) in [5.41, 5.74) is 5.03. The van der Waals surface area contributed by atoms with E-state index in [4.69, 9.17) is 0 Å². The molecule has 1 aliphatic rings. The molecule has 2 aromatic carbocycles. The Morgan fingerprint density at radius 2 is 1.81 bits per heavy atom. The van der Waals surface area contributed by atoms with E-state index >= 15 is 0 Å². The molecule has 1 aliphatic heterocycles. The number of hydrogen-bond acceptors (Lipinski definition) is 4. The van der Waals surface area contributed by atoms with Crippen molar-refractivity contribution in [2.24, 2.45) is 5.92 Å². The van der Waals surface area contributed by atoms with Crippen molar-refractivity contribution in [2.75, 3.05) is 18.4 Å². The van der Waals surface area contributed by atoms with E-state index in [1.807, 2.05) is 34.5 Å². The zero-order chi connectivity index (χ0) is 22.0. The summed E-state index contributed by atoms with van der Waals surface area (Å²) in [6.45, 7) is 5.31. The van der Waals surface area contributed by atoms with E-state index in [9.17, 15) is 9.59 Å². The third-order valence-corrected chi connectivity index (χ3v) is 6.92. The molecule has 1 saturated heterocycles. The van der Waals surface area contributed by atoms with E-state index in [-0.39, 0.29) is 17.7 Å². The Labute approximate surface area is 194 Å². The van der Waals surface area contributed by atoms with Gasteiger partial charge in [0.25, 0.3) is 5.91 Å². The topological polar surface area (TPSA) is 62.3 Å². The number of nitrogens with zero attached hydrogens (tertiary/aromatic N) is 2. The van der Waals surface area contributed by atoms with Crippen LogP contribution >= 0.6 is 27.3 Å². The number of likely N-dealkylation sites (tertiary alicyclic amines) is 1.